The summed E-state index contributed by atoms with van der Waals surface area (Å²) >= 11 is 0. The molecule has 0 fully saturated rings. The van der Waals surface area contributed by atoms with Gasteiger partial charge in [0.2, 0.25) is 5.91 Å². The van der Waals surface area contributed by atoms with Crippen molar-refractivity contribution in [3.63, 3.8) is 0 Å². The number of unbranched alkanes of at least 4 members (excludes halogenated alkanes) is 1. The summed E-state index contributed by atoms with van der Waals surface area (Å²) < 4.78 is 9.57. The molecule has 0 saturated carbocycles. The Balaban J connectivity index is 4.08. The molecule has 5 heteroatoms. The number of nitrogens with one attached hydrogen (secondary N) is 1. The molecular weight excluding hydrogens is 210 g/mol. The maximum Gasteiger partial charge on any atom is 0.328 e. The number of hydrogen-bond acceptors (Lipinski definition) is 4. The van der Waals surface area contributed by atoms with Gasteiger partial charge in [-0.3, -0.25) is 4.79 Å². The predicted octanol–water partition coefficient (Wildman–Crippen LogP) is 0.871. The van der Waals surface area contributed by atoms with E-state index >= 15 is 0 Å². The summed E-state index contributed by atoms with van der Waals surface area (Å²) in [7, 11) is 1.32. The highest BCUT2D eigenvalue weighted by Crippen LogP contribution is 2.02. The van der Waals surface area contributed by atoms with E-state index in [2.05, 4.69) is 10.1 Å². The number of hydrogen-bond donors (Lipinski definition) is 1. The normalized spacial score (nSPS) is 11.9. The molecule has 0 aliphatic rings. The Morgan fingerprint density at radius 2 is 2.00 bits per heavy atom. The van der Waals surface area contributed by atoms with Crippen LogP contribution in [0.25, 0.3) is 0 Å². The Hall–Kier alpha value is -1.10. The Morgan fingerprint density at radius 1 is 1.31 bits per heavy atom. The highest BCUT2D eigenvalue weighted by Gasteiger charge is 2.20. The van der Waals surface area contributed by atoms with Crippen molar-refractivity contribution in [1.82, 2.24) is 5.32 Å². The topological polar surface area (TPSA) is 64.6 Å². The zero-order valence-corrected chi connectivity index (χ0v) is 10.2. The standard InChI is InChI=1S/C11H21NO4/c1-4-6-7-9(11(14)15-3)12-10(13)8-16-5-2/h9H,4-8H2,1-3H3,(H,12,13)/t9-/m1/s1. The van der Waals surface area contributed by atoms with Gasteiger partial charge in [0, 0.05) is 6.61 Å². The molecular formula is C11H21NO4. The predicted molar refractivity (Wildman–Crippen MR) is 60.0 cm³/mol. The molecule has 5 nitrogen and oxygen atoms in total. The van der Waals surface area contributed by atoms with Gasteiger partial charge >= 0.3 is 5.97 Å². The zero-order chi connectivity index (χ0) is 12.4. The number of methoxy groups -OCH3 is 1. The molecule has 0 spiro atoms. The van der Waals surface area contributed by atoms with Crippen molar-refractivity contribution in [1.29, 1.82) is 0 Å². The number of carbonyl (C=O) groups is 2. The molecule has 0 aliphatic carbocycles. The second kappa shape index (κ2) is 9.15. The van der Waals surface area contributed by atoms with Gasteiger partial charge in [0.1, 0.15) is 12.6 Å². The smallest absolute Gasteiger partial charge is 0.328 e. The van der Waals surface area contributed by atoms with Crippen LogP contribution in [-0.2, 0) is 19.1 Å². The van der Waals surface area contributed by atoms with Crippen LogP contribution in [0.4, 0.5) is 0 Å². The van der Waals surface area contributed by atoms with Gasteiger partial charge in [-0.05, 0) is 13.3 Å². The minimum Gasteiger partial charge on any atom is -0.467 e. The van der Waals surface area contributed by atoms with E-state index in [9.17, 15) is 9.59 Å². The minimum absolute atomic E-state index is 0.0177. The summed E-state index contributed by atoms with van der Waals surface area (Å²) in [4.78, 5) is 22.7. The first-order valence-electron chi connectivity index (χ1n) is 5.60. The minimum atomic E-state index is -0.557. The summed E-state index contributed by atoms with van der Waals surface area (Å²) in [5, 5.41) is 2.60. The van der Waals surface area contributed by atoms with Gasteiger partial charge in [-0.2, -0.15) is 0 Å². The van der Waals surface area contributed by atoms with Crippen LogP contribution in [0.2, 0.25) is 0 Å². The highest BCUT2D eigenvalue weighted by molar-refractivity contribution is 5.84. The van der Waals surface area contributed by atoms with Gasteiger partial charge in [-0.1, -0.05) is 19.8 Å². The van der Waals surface area contributed by atoms with E-state index < -0.39 is 12.0 Å². The Bertz CT molecular complexity index is 218. The van der Waals surface area contributed by atoms with Gasteiger partial charge in [0.05, 0.1) is 7.11 Å². The lowest BCUT2D eigenvalue weighted by molar-refractivity contribution is -0.145. The van der Waals surface area contributed by atoms with Crippen molar-refractivity contribution in [2.75, 3.05) is 20.3 Å². The van der Waals surface area contributed by atoms with Crippen molar-refractivity contribution in [2.24, 2.45) is 0 Å². The van der Waals surface area contributed by atoms with Gasteiger partial charge in [0.15, 0.2) is 0 Å². The van der Waals surface area contributed by atoms with E-state index in [0.29, 0.717) is 13.0 Å². The van der Waals surface area contributed by atoms with Crippen LogP contribution in [0, 0.1) is 0 Å². The lowest BCUT2D eigenvalue weighted by Gasteiger charge is -2.15. The van der Waals surface area contributed by atoms with Crippen molar-refractivity contribution in [3.8, 4) is 0 Å². The molecule has 0 radical (unpaired) electrons. The van der Waals surface area contributed by atoms with Crippen LogP contribution in [0.15, 0.2) is 0 Å². The van der Waals surface area contributed by atoms with Gasteiger partial charge in [-0.25, -0.2) is 4.79 Å². The third-order valence-electron chi connectivity index (χ3n) is 2.10. The SMILES string of the molecule is CCCC[C@@H](NC(=O)COCC)C(=O)OC. The van der Waals surface area contributed by atoms with E-state index in [4.69, 9.17) is 4.74 Å². The van der Waals surface area contributed by atoms with Crippen LogP contribution in [0.1, 0.15) is 33.1 Å². The third kappa shape index (κ3) is 6.40. The molecule has 16 heavy (non-hydrogen) atoms. The highest BCUT2D eigenvalue weighted by atomic mass is 16.5. The fourth-order valence-corrected chi connectivity index (χ4v) is 1.23. The van der Waals surface area contributed by atoms with Crippen molar-refractivity contribution < 1.29 is 19.1 Å². The third-order valence-corrected chi connectivity index (χ3v) is 2.10. The van der Waals surface area contributed by atoms with E-state index in [1.165, 1.54) is 7.11 Å². The van der Waals surface area contributed by atoms with Gasteiger partial charge < -0.3 is 14.8 Å². The molecule has 0 bridgehead atoms. The van der Waals surface area contributed by atoms with E-state index in [1.807, 2.05) is 13.8 Å². The fourth-order valence-electron chi connectivity index (χ4n) is 1.23. The average molecular weight is 231 g/mol. The maximum atomic E-state index is 11.4. The largest absolute Gasteiger partial charge is 0.467 e. The van der Waals surface area contributed by atoms with Crippen molar-refractivity contribution >= 4 is 11.9 Å². The Morgan fingerprint density at radius 3 is 2.50 bits per heavy atom. The van der Waals surface area contributed by atoms with Crippen LogP contribution < -0.4 is 5.32 Å². The first kappa shape index (κ1) is 14.9. The van der Waals surface area contributed by atoms with Crippen molar-refractivity contribution in [3.05, 3.63) is 0 Å². The van der Waals surface area contributed by atoms with Crippen LogP contribution in [-0.4, -0.2) is 38.2 Å². The molecule has 0 rings (SSSR count). The lowest BCUT2D eigenvalue weighted by Crippen LogP contribution is -2.43. The first-order chi connectivity index (χ1) is 7.65. The van der Waals surface area contributed by atoms with Gasteiger partial charge in [0.25, 0.3) is 0 Å². The average Bonchev–Trinajstić information content (AvgIpc) is 2.30. The molecule has 1 N–H and O–H groups in total. The van der Waals surface area contributed by atoms with Crippen LogP contribution in [0.3, 0.4) is 0 Å². The first-order valence-corrected chi connectivity index (χ1v) is 5.60. The molecule has 0 aliphatic heterocycles. The number of rotatable bonds is 8. The molecule has 0 aromatic rings. The summed E-state index contributed by atoms with van der Waals surface area (Å²) in [5.41, 5.74) is 0. The molecule has 0 aromatic carbocycles. The second-order valence-corrected chi connectivity index (χ2v) is 3.42. The summed E-state index contributed by atoms with van der Waals surface area (Å²) in [6, 6.07) is -0.557. The van der Waals surface area contributed by atoms with Gasteiger partial charge in [-0.15, -0.1) is 0 Å². The van der Waals surface area contributed by atoms with E-state index in [-0.39, 0.29) is 12.5 Å². The van der Waals surface area contributed by atoms with Crippen molar-refractivity contribution in [2.45, 2.75) is 39.2 Å². The Labute approximate surface area is 96.5 Å². The fraction of sp³-hybridized carbons (Fsp3) is 0.818. The molecule has 0 unspecified atom stereocenters. The lowest BCUT2D eigenvalue weighted by atomic mass is 10.1. The second-order valence-electron chi connectivity index (χ2n) is 3.42. The quantitative estimate of drug-likeness (QED) is 0.630. The number of amides is 1. The summed E-state index contributed by atoms with van der Waals surface area (Å²) in [6.07, 6.45) is 2.44. The number of ether oxygens (including phenoxy) is 2. The maximum absolute atomic E-state index is 11.4. The number of carbonyl (C=O) groups excluding carboxylic acids is 2. The summed E-state index contributed by atoms with van der Waals surface area (Å²) in [6.45, 7) is 4.29. The summed E-state index contributed by atoms with van der Waals surface area (Å²) in [5.74, 6) is -0.688. The molecule has 0 heterocycles. The van der Waals surface area contributed by atoms with Crippen LogP contribution in [0.5, 0.6) is 0 Å². The molecule has 1 amide bonds. The van der Waals surface area contributed by atoms with E-state index in [0.717, 1.165) is 12.8 Å². The number of esters is 1. The molecule has 94 valence electrons. The molecule has 0 aromatic heterocycles. The molecule has 1 atom stereocenters. The molecule has 0 saturated heterocycles. The monoisotopic (exact) mass is 231 g/mol. The Kier molecular flexibility index (Phi) is 8.52. The zero-order valence-electron chi connectivity index (χ0n) is 10.2. The van der Waals surface area contributed by atoms with Crippen LogP contribution >= 0.6 is 0 Å². The van der Waals surface area contributed by atoms with E-state index in [1.54, 1.807) is 0 Å².